The van der Waals surface area contributed by atoms with Gasteiger partial charge in [0, 0.05) is 10.6 Å². The second kappa shape index (κ2) is 6.86. The van der Waals surface area contributed by atoms with Gasteiger partial charge in [-0.3, -0.25) is 14.4 Å². The van der Waals surface area contributed by atoms with Gasteiger partial charge >= 0.3 is 0 Å². The number of anilines is 1. The molecule has 0 saturated heterocycles. The van der Waals surface area contributed by atoms with Crippen LogP contribution >= 0.6 is 22.9 Å². The number of rotatable bonds is 2. The quantitative estimate of drug-likeness (QED) is 0.479. The molecule has 0 fully saturated rings. The van der Waals surface area contributed by atoms with Crippen molar-refractivity contribution in [2.75, 3.05) is 4.90 Å². The van der Waals surface area contributed by atoms with E-state index >= 15 is 0 Å². The number of fused-ring (bicyclic) bond motifs is 2. The molecule has 30 heavy (non-hydrogen) atoms. The first kappa shape index (κ1) is 18.7. The molecular weight excluding hydrogens is 424 g/mol. The van der Waals surface area contributed by atoms with Gasteiger partial charge in [-0.2, -0.15) is 14.6 Å². The number of benzene rings is 2. The van der Waals surface area contributed by atoms with Crippen molar-refractivity contribution < 1.29 is 4.79 Å². The summed E-state index contributed by atoms with van der Waals surface area (Å²) in [7, 11) is 0. The van der Waals surface area contributed by atoms with Gasteiger partial charge in [0.2, 0.25) is 4.96 Å². The van der Waals surface area contributed by atoms with E-state index in [1.54, 1.807) is 17.0 Å². The number of hydrogen-bond donors (Lipinski definition) is 0. The van der Waals surface area contributed by atoms with Crippen LogP contribution in [0.1, 0.15) is 16.8 Å². The van der Waals surface area contributed by atoms with Gasteiger partial charge in [0.05, 0.1) is 17.8 Å². The van der Waals surface area contributed by atoms with E-state index in [0.29, 0.717) is 16.3 Å². The van der Waals surface area contributed by atoms with Gasteiger partial charge in [0.25, 0.3) is 17.0 Å². The Morgan fingerprint density at radius 1 is 1.03 bits per heavy atom. The highest BCUT2D eigenvalue weighted by molar-refractivity contribution is 7.15. The maximum atomic E-state index is 13.4. The lowest BCUT2D eigenvalue weighted by Gasteiger charge is -2.17. The Balaban J connectivity index is 1.76. The number of hydrogen-bond acceptors (Lipinski definition) is 6. The fourth-order valence-corrected chi connectivity index (χ4v) is 4.68. The highest BCUT2D eigenvalue weighted by Gasteiger charge is 2.34. The van der Waals surface area contributed by atoms with Gasteiger partial charge < -0.3 is 4.90 Å². The lowest BCUT2D eigenvalue weighted by atomic mass is 10.1. The number of thiazole rings is 1. The Hall–Kier alpha value is -3.36. The smallest absolute Gasteiger partial charge is 0.295 e. The lowest BCUT2D eigenvalue weighted by molar-refractivity contribution is -0.113. The molecule has 4 aromatic rings. The van der Waals surface area contributed by atoms with Crippen molar-refractivity contribution in [1.29, 1.82) is 0 Å². The number of carbonyl (C=O) groups excluding carboxylic acids is 1. The summed E-state index contributed by atoms with van der Waals surface area (Å²) < 4.78 is 1.29. The Labute approximate surface area is 178 Å². The Bertz CT molecular complexity index is 1530. The summed E-state index contributed by atoms with van der Waals surface area (Å²) in [4.78, 5) is 44.0. The molecule has 0 radical (unpaired) electrons. The molecule has 148 valence electrons. The summed E-state index contributed by atoms with van der Waals surface area (Å²) in [6, 6.07) is 14.6. The van der Waals surface area contributed by atoms with Gasteiger partial charge in [-0.1, -0.05) is 59.3 Å². The normalized spacial score (nSPS) is 15.1. The zero-order valence-corrected chi connectivity index (χ0v) is 17.2. The fourth-order valence-electron chi connectivity index (χ4n) is 3.49. The molecule has 0 aliphatic carbocycles. The summed E-state index contributed by atoms with van der Waals surface area (Å²) >= 11 is 7.29. The number of aromatic nitrogens is 3. The van der Waals surface area contributed by atoms with Crippen molar-refractivity contribution in [3.05, 3.63) is 95.6 Å². The van der Waals surface area contributed by atoms with Gasteiger partial charge in [0.1, 0.15) is 10.2 Å². The van der Waals surface area contributed by atoms with Crippen molar-refractivity contribution in [1.82, 2.24) is 14.6 Å². The predicted octanol–water partition coefficient (Wildman–Crippen LogP) is 1.94. The van der Waals surface area contributed by atoms with Gasteiger partial charge in [0.15, 0.2) is 0 Å². The number of carbonyl (C=O) groups is 1. The van der Waals surface area contributed by atoms with Crippen LogP contribution in [-0.4, -0.2) is 20.5 Å². The first-order valence-electron chi connectivity index (χ1n) is 9.05. The molecule has 9 heteroatoms. The monoisotopic (exact) mass is 436 g/mol. The highest BCUT2D eigenvalue weighted by Crippen LogP contribution is 2.36. The summed E-state index contributed by atoms with van der Waals surface area (Å²) in [6.45, 7) is 1.76. The molecule has 3 heterocycles. The predicted molar refractivity (Wildman–Crippen MR) is 115 cm³/mol. The van der Waals surface area contributed by atoms with E-state index in [-0.39, 0.29) is 33.2 Å². The third kappa shape index (κ3) is 2.76. The average molecular weight is 437 g/mol. The van der Waals surface area contributed by atoms with Crippen LogP contribution in [0, 0.1) is 6.92 Å². The van der Waals surface area contributed by atoms with Crippen molar-refractivity contribution >= 4 is 45.1 Å². The summed E-state index contributed by atoms with van der Waals surface area (Å²) in [5.41, 5.74) is 1.59. The van der Waals surface area contributed by atoms with Crippen molar-refractivity contribution in [2.24, 2.45) is 0 Å². The topological polar surface area (TPSA) is 84.6 Å². The molecule has 5 rings (SSSR count). The Morgan fingerprint density at radius 3 is 2.57 bits per heavy atom. The largest absolute Gasteiger partial charge is 0.303 e. The van der Waals surface area contributed by atoms with E-state index in [0.717, 1.165) is 21.4 Å². The van der Waals surface area contributed by atoms with Crippen molar-refractivity contribution in [3.8, 4) is 0 Å². The zero-order chi connectivity index (χ0) is 21.0. The van der Waals surface area contributed by atoms with Crippen LogP contribution in [0.25, 0.3) is 10.5 Å². The maximum absolute atomic E-state index is 13.4. The number of para-hydroxylation sites is 1. The van der Waals surface area contributed by atoms with E-state index < -0.39 is 11.1 Å². The van der Waals surface area contributed by atoms with E-state index in [4.69, 9.17) is 11.6 Å². The molecule has 2 aromatic heterocycles. The van der Waals surface area contributed by atoms with E-state index in [1.165, 1.54) is 6.92 Å². The molecule has 1 aliphatic rings. The maximum Gasteiger partial charge on any atom is 0.295 e. The zero-order valence-electron chi connectivity index (χ0n) is 15.6. The van der Waals surface area contributed by atoms with Crippen LogP contribution in [0.15, 0.2) is 58.1 Å². The van der Waals surface area contributed by atoms with Crippen LogP contribution < -0.4 is 20.6 Å². The Kier molecular flexibility index (Phi) is 4.27. The summed E-state index contributed by atoms with van der Waals surface area (Å²) in [5, 5.41) is 4.59. The van der Waals surface area contributed by atoms with Gasteiger partial charge in [-0.05, 0) is 24.6 Å². The minimum Gasteiger partial charge on any atom is -0.303 e. The van der Waals surface area contributed by atoms with E-state index in [1.807, 2.05) is 36.4 Å². The third-order valence-corrected chi connectivity index (χ3v) is 6.35. The van der Waals surface area contributed by atoms with Crippen LogP contribution in [-0.2, 0) is 11.3 Å². The minimum atomic E-state index is -0.494. The summed E-state index contributed by atoms with van der Waals surface area (Å²) in [6.07, 6.45) is 0. The van der Waals surface area contributed by atoms with Crippen molar-refractivity contribution in [2.45, 2.75) is 13.5 Å². The average Bonchev–Trinajstić information content (AvgIpc) is 3.18. The SMILES string of the molecule is Cc1nn2c(=O)/c(=C3/C(=O)N(Cc4ccccc4Cl)c4ccccc43)sc2nc1=O. The van der Waals surface area contributed by atoms with Gasteiger partial charge in [-0.25, -0.2) is 0 Å². The van der Waals surface area contributed by atoms with Crippen LogP contribution in [0.5, 0.6) is 0 Å². The molecule has 0 saturated carbocycles. The highest BCUT2D eigenvalue weighted by atomic mass is 35.5. The molecule has 0 unspecified atom stereocenters. The minimum absolute atomic E-state index is 0.123. The summed E-state index contributed by atoms with van der Waals surface area (Å²) in [5.74, 6) is -0.306. The number of aryl methyl sites for hydroxylation is 1. The molecule has 0 N–H and O–H groups in total. The first-order chi connectivity index (χ1) is 14.5. The molecule has 0 spiro atoms. The molecule has 7 nitrogen and oxygen atoms in total. The number of halogens is 1. The molecule has 2 aromatic carbocycles. The fraction of sp³-hybridized carbons (Fsp3) is 0.0952. The molecule has 0 atom stereocenters. The lowest BCUT2D eigenvalue weighted by Crippen LogP contribution is -2.33. The second-order valence-corrected chi connectivity index (χ2v) is 8.19. The molecule has 0 bridgehead atoms. The first-order valence-corrected chi connectivity index (χ1v) is 10.2. The van der Waals surface area contributed by atoms with Crippen molar-refractivity contribution in [3.63, 3.8) is 0 Å². The Morgan fingerprint density at radius 2 is 1.77 bits per heavy atom. The number of amides is 1. The van der Waals surface area contributed by atoms with Crippen LogP contribution in [0.2, 0.25) is 5.02 Å². The third-order valence-electron chi connectivity index (χ3n) is 4.95. The molecular formula is C21H13ClN4O3S. The number of nitrogens with zero attached hydrogens (tertiary/aromatic N) is 4. The molecule has 1 amide bonds. The van der Waals surface area contributed by atoms with E-state index in [9.17, 15) is 14.4 Å². The van der Waals surface area contributed by atoms with Crippen LogP contribution in [0.3, 0.4) is 0 Å². The van der Waals surface area contributed by atoms with Gasteiger partial charge in [-0.15, -0.1) is 0 Å². The molecule has 1 aliphatic heterocycles. The van der Waals surface area contributed by atoms with E-state index in [2.05, 4.69) is 10.1 Å². The van der Waals surface area contributed by atoms with Crippen LogP contribution in [0.4, 0.5) is 5.69 Å². The standard InChI is InChI=1S/C21H13ClN4O3S/c1-11-18(27)23-21-26(24-11)20(29)17(30-21)16-13-7-3-5-9-15(13)25(19(16)28)10-12-6-2-4-8-14(12)22/h2-9H,10H2,1H3/b17-16-. The second-order valence-electron chi connectivity index (χ2n) is 6.81.